The van der Waals surface area contributed by atoms with E-state index in [9.17, 15) is 38.9 Å². The maximum atomic E-state index is 10.1. The van der Waals surface area contributed by atoms with Gasteiger partial charge >= 0.3 is 22.4 Å². The van der Waals surface area contributed by atoms with Crippen molar-refractivity contribution >= 4 is 31.2 Å². The molecule has 0 aromatic heterocycles. The topological polar surface area (TPSA) is 199 Å². The molecule has 0 aliphatic heterocycles. The van der Waals surface area contributed by atoms with E-state index in [-0.39, 0.29) is 42.2 Å². The monoisotopic (exact) mass is 992 g/mol. The van der Waals surface area contributed by atoms with Crippen LogP contribution in [0.25, 0.3) is 0 Å². The van der Waals surface area contributed by atoms with Crippen molar-refractivity contribution in [1.29, 1.82) is 0 Å². The average Bonchev–Trinajstić information content (AvgIpc) is 3.04. The van der Waals surface area contributed by atoms with Crippen LogP contribution < -0.4 is 0 Å². The Hall–Kier alpha value is 0.350. The number of hydrogen-bond acceptors (Lipinski definition) is 12. The van der Waals surface area contributed by atoms with Gasteiger partial charge in [-0.05, 0) is 19.3 Å². The predicted molar refractivity (Wildman–Crippen MR) is 202 cm³/mol. The van der Waals surface area contributed by atoms with E-state index < -0.39 is 31.2 Å². The van der Waals surface area contributed by atoms with Crippen molar-refractivity contribution in [3.05, 3.63) is 0 Å². The second-order valence-corrected chi connectivity index (χ2v) is 16.4. The first-order valence-electron chi connectivity index (χ1n) is 20.0. The number of rotatable bonds is 36. The van der Waals surface area contributed by atoms with Gasteiger partial charge in [0.25, 0.3) is 0 Å². The second kappa shape index (κ2) is 44.1. The van der Waals surface area contributed by atoms with Gasteiger partial charge in [0, 0.05) is 0 Å². The Labute approximate surface area is 336 Å². The van der Waals surface area contributed by atoms with Crippen LogP contribution in [0.1, 0.15) is 213 Å². The summed E-state index contributed by atoms with van der Waals surface area (Å²) >= 11 is 0. The van der Waals surface area contributed by atoms with Crippen LogP contribution >= 0.6 is 0 Å². The Balaban J connectivity index is -0.000000329. The van der Waals surface area contributed by atoms with E-state index >= 15 is 0 Å². The molecule has 52 heavy (non-hydrogen) atoms. The van der Waals surface area contributed by atoms with Crippen LogP contribution in [-0.2, 0) is 66.1 Å². The minimum absolute atomic E-state index is 0. The summed E-state index contributed by atoms with van der Waals surface area (Å²) in [6.45, 7) is 6.73. The third kappa shape index (κ3) is 68.4. The molecule has 0 aromatic rings. The SMILES string of the molecule is CCCCCCCCCCCCOS(=O)(=O)[O-].CCCCCCCCCCCCOS(=O)(=O)[O-].CCCCCCCCCCCCOS(=O)(=O)[O-].[Au+3]. The summed E-state index contributed by atoms with van der Waals surface area (Å²) in [6.07, 6.45) is 35.1. The normalized spacial score (nSPS) is 11.7. The minimum atomic E-state index is -4.48. The summed E-state index contributed by atoms with van der Waals surface area (Å²) in [5, 5.41) is 0. The van der Waals surface area contributed by atoms with Gasteiger partial charge < -0.3 is 13.7 Å². The molecule has 0 rings (SSSR count). The van der Waals surface area contributed by atoms with E-state index in [4.69, 9.17) is 0 Å². The van der Waals surface area contributed by atoms with Crippen LogP contribution in [0, 0.1) is 0 Å². The van der Waals surface area contributed by atoms with Crippen molar-refractivity contribution in [3.8, 4) is 0 Å². The average molecular weight is 993 g/mol. The zero-order valence-electron chi connectivity index (χ0n) is 32.8. The maximum absolute atomic E-state index is 10.1. The van der Waals surface area contributed by atoms with E-state index in [1.54, 1.807) is 0 Å². The van der Waals surface area contributed by atoms with Crippen molar-refractivity contribution in [2.45, 2.75) is 213 Å². The van der Waals surface area contributed by atoms with Gasteiger partial charge in [-0.1, -0.05) is 194 Å². The van der Waals surface area contributed by atoms with Gasteiger partial charge in [-0.25, -0.2) is 25.3 Å². The maximum Gasteiger partial charge on any atom is 3.00 e. The first-order chi connectivity index (χ1) is 24.2. The van der Waals surface area contributed by atoms with Gasteiger partial charge in [-0.2, -0.15) is 0 Å². The van der Waals surface area contributed by atoms with Crippen LogP contribution in [0.4, 0.5) is 0 Å². The van der Waals surface area contributed by atoms with Crippen LogP contribution in [0.15, 0.2) is 0 Å². The fraction of sp³-hybridized carbons (Fsp3) is 1.00. The largest absolute Gasteiger partial charge is 3.00 e. The Morgan fingerprint density at radius 1 is 0.288 bits per heavy atom. The quantitative estimate of drug-likeness (QED) is 0.0249. The summed E-state index contributed by atoms with van der Waals surface area (Å²) in [5.74, 6) is 0. The van der Waals surface area contributed by atoms with Gasteiger partial charge in [0.2, 0.25) is 31.2 Å². The molecule has 0 saturated heterocycles. The molecule has 0 N–H and O–H groups in total. The third-order valence-electron chi connectivity index (χ3n) is 8.18. The molecule has 0 amide bonds. The van der Waals surface area contributed by atoms with Crippen LogP contribution in [-0.4, -0.2) is 58.7 Å². The summed E-state index contributed by atoms with van der Waals surface area (Å²) in [5.41, 5.74) is 0. The Morgan fingerprint density at radius 2 is 0.423 bits per heavy atom. The molecule has 0 aromatic carbocycles. The van der Waals surface area contributed by atoms with Crippen molar-refractivity contribution < 1.29 is 73.8 Å². The van der Waals surface area contributed by atoms with Crippen molar-refractivity contribution in [1.82, 2.24) is 0 Å². The molecule has 0 aliphatic rings. The summed E-state index contributed by atoms with van der Waals surface area (Å²) in [4.78, 5) is 0. The molecule has 0 unspecified atom stereocenters. The van der Waals surface area contributed by atoms with Crippen molar-refractivity contribution in [2.75, 3.05) is 19.8 Å². The molecule has 16 heteroatoms. The van der Waals surface area contributed by atoms with Gasteiger partial charge in [0.05, 0.1) is 19.8 Å². The minimum Gasteiger partial charge on any atom is -0.726 e. The molecule has 0 radical (unpaired) electrons. The molecule has 320 valence electrons. The molecule has 12 nitrogen and oxygen atoms in total. The zero-order chi connectivity index (χ0) is 39.0. The number of unbranched alkanes of at least 4 members (excludes halogenated alkanes) is 27. The Morgan fingerprint density at radius 3 is 0.558 bits per heavy atom. The first-order valence-corrected chi connectivity index (χ1v) is 24.0. The second-order valence-electron chi connectivity index (χ2n) is 13.2. The Kier molecular flexibility index (Phi) is 50.0. The van der Waals surface area contributed by atoms with E-state index in [0.29, 0.717) is 19.3 Å². The molecule has 0 saturated carbocycles. The zero-order valence-corrected chi connectivity index (χ0v) is 37.4. The van der Waals surface area contributed by atoms with Crippen molar-refractivity contribution in [3.63, 3.8) is 0 Å². The summed E-state index contributed by atoms with van der Waals surface area (Å²) in [7, 11) is -13.5. The van der Waals surface area contributed by atoms with E-state index in [1.807, 2.05) is 0 Å². The molecular formula is C36H75AuO12S3. The van der Waals surface area contributed by atoms with Crippen LogP contribution in [0.2, 0.25) is 0 Å². The first kappa shape index (κ1) is 59.0. The fourth-order valence-corrected chi connectivity index (χ4v) is 6.22. The van der Waals surface area contributed by atoms with Gasteiger partial charge in [-0.15, -0.1) is 0 Å². The summed E-state index contributed by atoms with van der Waals surface area (Å²) in [6, 6.07) is 0. The molecule has 0 aliphatic carbocycles. The van der Waals surface area contributed by atoms with E-state index in [1.165, 1.54) is 135 Å². The van der Waals surface area contributed by atoms with Crippen LogP contribution in [0.3, 0.4) is 0 Å². The molecule has 0 bridgehead atoms. The van der Waals surface area contributed by atoms with Gasteiger partial charge in [0.15, 0.2) is 0 Å². The van der Waals surface area contributed by atoms with Crippen molar-refractivity contribution in [2.24, 2.45) is 0 Å². The molecular weight excluding hydrogens is 918 g/mol. The Bertz CT molecular complexity index is 883. The molecule has 0 fully saturated rings. The van der Waals surface area contributed by atoms with E-state index in [0.717, 1.165) is 38.5 Å². The molecule has 0 spiro atoms. The summed E-state index contributed by atoms with van der Waals surface area (Å²) < 4.78 is 103. The fourth-order valence-electron chi connectivity index (χ4n) is 5.25. The number of hydrogen-bond donors (Lipinski definition) is 0. The standard InChI is InChI=1S/3C12H26O4S.Au/c3*1-2-3-4-5-6-7-8-9-10-11-12-16-17(13,14)15;/h3*2-12H2,1H3,(H,13,14,15);/q;;;+3/p-3. The third-order valence-corrected chi connectivity index (χ3v) is 9.54. The van der Waals surface area contributed by atoms with Gasteiger partial charge in [-0.3, -0.25) is 12.5 Å². The van der Waals surface area contributed by atoms with E-state index in [2.05, 4.69) is 33.3 Å². The van der Waals surface area contributed by atoms with Gasteiger partial charge in [0.1, 0.15) is 0 Å². The molecule has 0 heterocycles. The smallest absolute Gasteiger partial charge is 0.726 e. The molecule has 0 atom stereocenters. The van der Waals surface area contributed by atoms with Crippen LogP contribution in [0.5, 0.6) is 0 Å². The predicted octanol–water partition coefficient (Wildman–Crippen LogP) is 10.1.